The van der Waals surface area contributed by atoms with E-state index in [9.17, 15) is 9.18 Å². The number of hydrogen-bond acceptors (Lipinski definition) is 3. The van der Waals surface area contributed by atoms with Crippen LogP contribution in [-0.2, 0) is 0 Å². The number of Topliss-reactive ketones (excluding diaryl/α,β-unsaturated/α-hetero) is 1. The summed E-state index contributed by atoms with van der Waals surface area (Å²) < 4.78 is 13.7. The van der Waals surface area contributed by atoms with Crippen LogP contribution in [0.15, 0.2) is 42.6 Å². The zero-order valence-electron chi connectivity index (χ0n) is 10.3. The van der Waals surface area contributed by atoms with E-state index < -0.39 is 17.5 Å². The van der Waals surface area contributed by atoms with Gasteiger partial charge in [-0.2, -0.15) is 5.26 Å². The van der Waals surface area contributed by atoms with Gasteiger partial charge >= 0.3 is 0 Å². The highest BCUT2D eigenvalue weighted by Crippen LogP contribution is 2.21. The monoisotopic (exact) mass is 254 g/mol. The fourth-order valence-corrected chi connectivity index (χ4v) is 1.79. The number of hydrogen-bond donors (Lipinski definition) is 0. The molecule has 1 aromatic heterocycles. The van der Waals surface area contributed by atoms with Crippen LogP contribution < -0.4 is 0 Å². The van der Waals surface area contributed by atoms with Gasteiger partial charge in [-0.25, -0.2) is 4.39 Å². The van der Waals surface area contributed by atoms with E-state index in [0.717, 1.165) is 5.56 Å². The van der Waals surface area contributed by atoms with Crippen molar-refractivity contribution >= 4 is 5.78 Å². The van der Waals surface area contributed by atoms with E-state index in [0.29, 0.717) is 5.69 Å². The summed E-state index contributed by atoms with van der Waals surface area (Å²) in [7, 11) is 0. The number of ketones is 1. The molecule has 0 aliphatic carbocycles. The van der Waals surface area contributed by atoms with Gasteiger partial charge in [0.05, 0.1) is 17.3 Å². The molecule has 0 fully saturated rings. The van der Waals surface area contributed by atoms with E-state index in [1.807, 2.05) is 6.07 Å². The van der Waals surface area contributed by atoms with Gasteiger partial charge in [0.2, 0.25) is 0 Å². The molecule has 1 atom stereocenters. The van der Waals surface area contributed by atoms with Gasteiger partial charge in [-0.1, -0.05) is 17.7 Å². The molecule has 0 saturated heterocycles. The van der Waals surface area contributed by atoms with Crippen LogP contribution >= 0.6 is 0 Å². The first-order valence-corrected chi connectivity index (χ1v) is 5.74. The van der Waals surface area contributed by atoms with Gasteiger partial charge in [0.15, 0.2) is 11.7 Å². The van der Waals surface area contributed by atoms with E-state index in [1.54, 1.807) is 31.2 Å². The predicted octanol–water partition coefficient (Wildman–Crippen LogP) is 3.02. The summed E-state index contributed by atoms with van der Waals surface area (Å²) in [4.78, 5) is 16.2. The molecule has 0 aliphatic rings. The lowest BCUT2D eigenvalue weighted by Gasteiger charge is -2.09. The van der Waals surface area contributed by atoms with Crippen molar-refractivity contribution in [2.45, 2.75) is 12.8 Å². The zero-order valence-corrected chi connectivity index (χ0v) is 10.3. The highest BCUT2D eigenvalue weighted by molar-refractivity contribution is 6.02. The molecule has 2 rings (SSSR count). The van der Waals surface area contributed by atoms with Gasteiger partial charge in [-0.3, -0.25) is 9.78 Å². The average molecular weight is 254 g/mol. The lowest BCUT2D eigenvalue weighted by atomic mass is 9.94. The highest BCUT2D eigenvalue weighted by Gasteiger charge is 2.25. The maximum absolute atomic E-state index is 13.7. The molecular weight excluding hydrogens is 243 g/mol. The van der Waals surface area contributed by atoms with Crippen molar-refractivity contribution in [3.05, 3.63) is 65.2 Å². The molecule has 4 heteroatoms. The van der Waals surface area contributed by atoms with E-state index in [1.165, 1.54) is 18.3 Å². The molecule has 0 saturated carbocycles. The number of carbonyl (C=O) groups excluding carboxylic acids is 1. The van der Waals surface area contributed by atoms with Gasteiger partial charge in [-0.05, 0) is 31.2 Å². The van der Waals surface area contributed by atoms with Crippen molar-refractivity contribution in [2.24, 2.45) is 0 Å². The fraction of sp³-hybridized carbons (Fsp3) is 0.133. The predicted molar refractivity (Wildman–Crippen MR) is 68.1 cm³/mol. The molecule has 1 unspecified atom stereocenters. The Hall–Kier alpha value is -2.54. The molecule has 0 spiro atoms. The summed E-state index contributed by atoms with van der Waals surface area (Å²) in [5.41, 5.74) is 1.02. The normalized spacial score (nSPS) is 11.6. The SMILES string of the molecule is Cc1ccc(F)c(C(=O)C(C#N)c2ccccn2)c1. The zero-order chi connectivity index (χ0) is 13.8. The molecule has 0 N–H and O–H groups in total. The minimum atomic E-state index is -1.09. The molecule has 0 amide bonds. The molecule has 19 heavy (non-hydrogen) atoms. The van der Waals surface area contributed by atoms with E-state index in [4.69, 9.17) is 5.26 Å². The number of rotatable bonds is 3. The number of halogens is 1. The number of benzene rings is 1. The van der Waals surface area contributed by atoms with Crippen LogP contribution in [0.5, 0.6) is 0 Å². The van der Waals surface area contributed by atoms with Crippen LogP contribution in [0.25, 0.3) is 0 Å². The Balaban J connectivity index is 2.43. The molecule has 0 radical (unpaired) electrons. The smallest absolute Gasteiger partial charge is 0.189 e. The number of pyridine rings is 1. The number of aryl methyl sites for hydroxylation is 1. The second-order valence-electron chi connectivity index (χ2n) is 4.16. The van der Waals surface area contributed by atoms with Crippen LogP contribution in [0.1, 0.15) is 27.5 Å². The Labute approximate surface area is 110 Å². The summed E-state index contributed by atoms with van der Waals surface area (Å²) in [5, 5.41) is 9.14. The summed E-state index contributed by atoms with van der Waals surface area (Å²) in [6.45, 7) is 1.76. The minimum absolute atomic E-state index is 0.0720. The van der Waals surface area contributed by atoms with Crippen molar-refractivity contribution in [3.8, 4) is 6.07 Å². The first kappa shape index (κ1) is 12.9. The van der Waals surface area contributed by atoms with Gasteiger partial charge in [0.25, 0.3) is 0 Å². The van der Waals surface area contributed by atoms with Crippen molar-refractivity contribution in [1.29, 1.82) is 5.26 Å². The maximum atomic E-state index is 13.7. The summed E-state index contributed by atoms with van der Waals surface area (Å²) in [5.74, 6) is -2.27. The Morgan fingerprint density at radius 2 is 2.16 bits per heavy atom. The summed E-state index contributed by atoms with van der Waals surface area (Å²) in [6, 6.07) is 11.1. The molecule has 2 aromatic rings. The van der Waals surface area contributed by atoms with Crippen LogP contribution in [0.2, 0.25) is 0 Å². The third-order valence-electron chi connectivity index (χ3n) is 2.76. The van der Waals surface area contributed by atoms with E-state index >= 15 is 0 Å². The quantitative estimate of drug-likeness (QED) is 0.791. The van der Waals surface area contributed by atoms with Crippen molar-refractivity contribution in [2.75, 3.05) is 0 Å². The standard InChI is InChI=1S/C15H11FN2O/c1-10-5-6-13(16)11(8-10)15(19)12(9-17)14-4-2-3-7-18-14/h2-8,12H,1H3. The average Bonchev–Trinajstić information content (AvgIpc) is 2.43. The van der Waals surface area contributed by atoms with Crippen molar-refractivity contribution in [1.82, 2.24) is 4.98 Å². The van der Waals surface area contributed by atoms with Gasteiger partial charge < -0.3 is 0 Å². The first-order valence-electron chi connectivity index (χ1n) is 5.74. The van der Waals surface area contributed by atoms with Crippen LogP contribution in [0.4, 0.5) is 4.39 Å². The summed E-state index contributed by atoms with van der Waals surface area (Å²) in [6.07, 6.45) is 1.50. The third-order valence-corrected chi connectivity index (χ3v) is 2.76. The highest BCUT2D eigenvalue weighted by atomic mass is 19.1. The first-order chi connectivity index (χ1) is 9.13. The van der Waals surface area contributed by atoms with Crippen molar-refractivity contribution in [3.63, 3.8) is 0 Å². The van der Waals surface area contributed by atoms with Crippen molar-refractivity contribution < 1.29 is 9.18 Å². The molecule has 1 heterocycles. The van der Waals surface area contributed by atoms with Crippen LogP contribution in [0.3, 0.4) is 0 Å². The fourth-order valence-electron chi connectivity index (χ4n) is 1.79. The van der Waals surface area contributed by atoms with Crippen LogP contribution in [0, 0.1) is 24.1 Å². The molecule has 0 bridgehead atoms. The number of nitriles is 1. The maximum Gasteiger partial charge on any atom is 0.189 e. The Bertz CT molecular complexity index is 647. The Morgan fingerprint density at radius 1 is 1.37 bits per heavy atom. The van der Waals surface area contributed by atoms with Crippen LogP contribution in [-0.4, -0.2) is 10.8 Å². The van der Waals surface area contributed by atoms with E-state index in [-0.39, 0.29) is 5.56 Å². The Kier molecular flexibility index (Phi) is 3.67. The second kappa shape index (κ2) is 5.40. The minimum Gasteiger partial charge on any atom is -0.292 e. The number of nitrogens with zero attached hydrogens (tertiary/aromatic N) is 2. The lowest BCUT2D eigenvalue weighted by molar-refractivity contribution is 0.0973. The number of aromatic nitrogens is 1. The third kappa shape index (κ3) is 2.66. The second-order valence-corrected chi connectivity index (χ2v) is 4.16. The van der Waals surface area contributed by atoms with Gasteiger partial charge in [0.1, 0.15) is 5.82 Å². The molecule has 1 aromatic carbocycles. The largest absolute Gasteiger partial charge is 0.292 e. The topological polar surface area (TPSA) is 53.8 Å². The van der Waals surface area contributed by atoms with Gasteiger partial charge in [0, 0.05) is 6.20 Å². The molecular formula is C15H11FN2O. The van der Waals surface area contributed by atoms with E-state index in [2.05, 4.69) is 4.98 Å². The van der Waals surface area contributed by atoms with Gasteiger partial charge in [-0.15, -0.1) is 0 Å². The Morgan fingerprint density at radius 3 is 2.79 bits per heavy atom. The lowest BCUT2D eigenvalue weighted by Crippen LogP contribution is -2.14. The molecule has 3 nitrogen and oxygen atoms in total. The molecule has 94 valence electrons. The molecule has 0 aliphatic heterocycles. The summed E-state index contributed by atoms with van der Waals surface area (Å²) >= 11 is 0. The number of carbonyl (C=O) groups is 1.